The lowest BCUT2D eigenvalue weighted by Gasteiger charge is -2.43. The van der Waals surface area contributed by atoms with Crippen LogP contribution in [0.4, 0.5) is 9.18 Å². The van der Waals surface area contributed by atoms with Gasteiger partial charge in [0.05, 0.1) is 17.9 Å². The second kappa shape index (κ2) is 7.71. The first-order chi connectivity index (χ1) is 12.8. The summed E-state index contributed by atoms with van der Waals surface area (Å²) in [6, 6.07) is 5.89. The number of H-pyrrole nitrogens is 1. The molecule has 2 aromatic rings. The van der Waals surface area contributed by atoms with E-state index >= 15 is 0 Å². The third-order valence-electron chi connectivity index (χ3n) is 5.33. The van der Waals surface area contributed by atoms with Crippen LogP contribution in [0, 0.1) is 11.7 Å². The summed E-state index contributed by atoms with van der Waals surface area (Å²) >= 11 is 0. The molecule has 1 heterocycles. The van der Waals surface area contributed by atoms with Gasteiger partial charge in [-0.2, -0.15) is 0 Å². The molecule has 27 heavy (non-hydrogen) atoms. The van der Waals surface area contributed by atoms with E-state index in [9.17, 15) is 14.3 Å². The smallest absolute Gasteiger partial charge is 0.408 e. The van der Waals surface area contributed by atoms with Gasteiger partial charge in [0.15, 0.2) is 0 Å². The van der Waals surface area contributed by atoms with Crippen LogP contribution in [0.2, 0.25) is 0 Å². The second-order valence-corrected chi connectivity index (χ2v) is 8.36. The zero-order chi connectivity index (χ0) is 19.6. The number of hydrogen-bond donors (Lipinski definition) is 2. The summed E-state index contributed by atoms with van der Waals surface area (Å²) in [4.78, 5) is 21.6. The number of imidazole rings is 1. The van der Waals surface area contributed by atoms with Crippen LogP contribution in [0.3, 0.4) is 0 Å². The number of carbonyl (C=O) groups is 1. The summed E-state index contributed by atoms with van der Waals surface area (Å²) in [5, 5.41) is 9.97. The van der Waals surface area contributed by atoms with Crippen LogP contribution in [0.25, 0.3) is 11.3 Å². The Bertz CT molecular complexity index is 773. The highest BCUT2D eigenvalue weighted by atomic mass is 19.1. The summed E-state index contributed by atoms with van der Waals surface area (Å²) in [5.74, 6) is 0.614. The van der Waals surface area contributed by atoms with Crippen LogP contribution in [0.5, 0.6) is 0 Å². The van der Waals surface area contributed by atoms with E-state index in [0.717, 1.165) is 36.9 Å². The molecule has 0 aliphatic heterocycles. The highest BCUT2D eigenvalue weighted by Crippen LogP contribution is 2.40. The summed E-state index contributed by atoms with van der Waals surface area (Å²) in [5.41, 5.74) is 1.05. The molecule has 0 unspecified atom stereocenters. The van der Waals surface area contributed by atoms with Gasteiger partial charge in [0, 0.05) is 5.54 Å². The predicted molar refractivity (Wildman–Crippen MR) is 103 cm³/mol. The number of nitrogens with zero attached hydrogens (tertiary/aromatic N) is 2. The Hall–Kier alpha value is -2.37. The number of benzene rings is 1. The van der Waals surface area contributed by atoms with Gasteiger partial charge in [-0.1, -0.05) is 19.3 Å². The lowest BCUT2D eigenvalue weighted by Crippen LogP contribution is -2.49. The number of hydrogen-bond acceptors (Lipinski definition) is 2. The molecule has 146 valence electrons. The highest BCUT2D eigenvalue weighted by Gasteiger charge is 2.40. The van der Waals surface area contributed by atoms with E-state index in [1.165, 1.54) is 23.5 Å². The molecule has 2 N–H and O–H groups in total. The minimum absolute atomic E-state index is 0.237. The Morgan fingerprint density at radius 2 is 1.85 bits per heavy atom. The van der Waals surface area contributed by atoms with E-state index in [0.29, 0.717) is 5.82 Å². The number of carboxylic acid groups (broad SMARTS) is 1. The minimum atomic E-state index is -0.933. The SMILES string of the molecule is CC(C)(C)N(C(=O)O)[C@H](c1ncc(-c2ccc(F)cc2)[nH]1)C1CCCCC1. The summed E-state index contributed by atoms with van der Waals surface area (Å²) < 4.78 is 13.2. The van der Waals surface area contributed by atoms with Gasteiger partial charge in [0.2, 0.25) is 0 Å². The topological polar surface area (TPSA) is 69.2 Å². The van der Waals surface area contributed by atoms with Gasteiger partial charge >= 0.3 is 6.09 Å². The third-order valence-corrected chi connectivity index (χ3v) is 5.33. The number of aromatic nitrogens is 2. The van der Waals surface area contributed by atoms with E-state index in [1.807, 2.05) is 20.8 Å². The Labute approximate surface area is 159 Å². The lowest BCUT2D eigenvalue weighted by molar-refractivity contribution is 0.0357. The molecule has 1 atom stereocenters. The average Bonchev–Trinajstić information content (AvgIpc) is 3.09. The van der Waals surface area contributed by atoms with Gasteiger partial charge in [-0.05, 0) is 69.4 Å². The molecule has 1 aliphatic carbocycles. The molecule has 5 nitrogen and oxygen atoms in total. The van der Waals surface area contributed by atoms with Gasteiger partial charge in [0.1, 0.15) is 11.6 Å². The number of halogens is 1. The molecule has 1 fully saturated rings. The summed E-state index contributed by atoms with van der Waals surface area (Å²) in [7, 11) is 0. The van der Waals surface area contributed by atoms with Gasteiger partial charge in [-0.15, -0.1) is 0 Å². The van der Waals surface area contributed by atoms with Crippen LogP contribution in [0.1, 0.15) is 64.7 Å². The van der Waals surface area contributed by atoms with Crippen molar-refractivity contribution in [2.45, 2.75) is 64.5 Å². The van der Waals surface area contributed by atoms with Crippen LogP contribution >= 0.6 is 0 Å². The van der Waals surface area contributed by atoms with Crippen molar-refractivity contribution in [1.29, 1.82) is 0 Å². The molecule has 0 spiro atoms. The van der Waals surface area contributed by atoms with E-state index in [1.54, 1.807) is 18.3 Å². The maximum Gasteiger partial charge on any atom is 0.408 e. The van der Waals surface area contributed by atoms with E-state index < -0.39 is 11.6 Å². The van der Waals surface area contributed by atoms with Crippen molar-refractivity contribution in [3.05, 3.63) is 42.1 Å². The van der Waals surface area contributed by atoms with Crippen molar-refractivity contribution in [3.8, 4) is 11.3 Å². The molecule has 1 aliphatic rings. The molecule has 6 heteroatoms. The maximum absolute atomic E-state index is 13.2. The second-order valence-electron chi connectivity index (χ2n) is 8.36. The molecule has 1 amide bonds. The van der Waals surface area contributed by atoms with E-state index in [2.05, 4.69) is 9.97 Å². The molecule has 0 bridgehead atoms. The molecular formula is C21H28FN3O2. The first-order valence-electron chi connectivity index (χ1n) is 9.60. The zero-order valence-electron chi connectivity index (χ0n) is 16.2. The molecule has 0 radical (unpaired) electrons. The Morgan fingerprint density at radius 1 is 1.22 bits per heavy atom. The minimum Gasteiger partial charge on any atom is -0.465 e. The first kappa shape index (κ1) is 19.4. The molecule has 1 aromatic heterocycles. The normalized spacial score (nSPS) is 16.9. The van der Waals surface area contributed by atoms with Crippen LogP contribution in [-0.4, -0.2) is 31.6 Å². The number of amides is 1. The van der Waals surface area contributed by atoms with E-state index in [-0.39, 0.29) is 17.8 Å². The van der Waals surface area contributed by atoms with Gasteiger partial charge in [-0.3, -0.25) is 4.90 Å². The highest BCUT2D eigenvalue weighted by molar-refractivity contribution is 5.67. The largest absolute Gasteiger partial charge is 0.465 e. The first-order valence-corrected chi connectivity index (χ1v) is 9.60. The summed E-state index contributed by atoms with van der Waals surface area (Å²) in [6.07, 6.45) is 6.20. The van der Waals surface area contributed by atoms with Crippen molar-refractivity contribution in [1.82, 2.24) is 14.9 Å². The standard InChI is InChI=1S/C21H28FN3O2/c1-21(2,3)25(20(26)27)18(15-7-5-4-6-8-15)19-23-13-17(24-19)14-9-11-16(22)12-10-14/h9-13,15,18H,4-8H2,1-3H3,(H,23,24)(H,26,27)/t18-/m0/s1. The van der Waals surface area contributed by atoms with Crippen LogP contribution in [0.15, 0.2) is 30.5 Å². The van der Waals surface area contributed by atoms with Crippen molar-refractivity contribution in [2.75, 3.05) is 0 Å². The van der Waals surface area contributed by atoms with Gasteiger partial charge in [0.25, 0.3) is 0 Å². The van der Waals surface area contributed by atoms with Crippen LogP contribution < -0.4 is 0 Å². The van der Waals surface area contributed by atoms with Gasteiger partial charge < -0.3 is 10.1 Å². The van der Waals surface area contributed by atoms with Crippen LogP contribution in [-0.2, 0) is 0 Å². The van der Waals surface area contributed by atoms with E-state index in [4.69, 9.17) is 0 Å². The fraction of sp³-hybridized carbons (Fsp3) is 0.524. The van der Waals surface area contributed by atoms with Crippen molar-refractivity contribution < 1.29 is 14.3 Å². The number of nitrogens with one attached hydrogen (secondary N) is 1. The molecule has 0 saturated heterocycles. The summed E-state index contributed by atoms with van der Waals surface area (Å²) in [6.45, 7) is 5.75. The molecular weight excluding hydrogens is 345 g/mol. The maximum atomic E-state index is 13.2. The van der Waals surface area contributed by atoms with Gasteiger partial charge in [-0.25, -0.2) is 14.2 Å². The van der Waals surface area contributed by atoms with Crippen molar-refractivity contribution in [3.63, 3.8) is 0 Å². The average molecular weight is 373 g/mol. The molecule has 1 saturated carbocycles. The third kappa shape index (κ3) is 4.31. The quantitative estimate of drug-likeness (QED) is 0.731. The lowest BCUT2D eigenvalue weighted by atomic mass is 9.81. The fourth-order valence-corrected chi connectivity index (χ4v) is 4.09. The predicted octanol–water partition coefficient (Wildman–Crippen LogP) is 5.62. The fourth-order valence-electron chi connectivity index (χ4n) is 4.09. The molecule has 1 aromatic carbocycles. The number of rotatable bonds is 4. The Balaban J connectivity index is 2.00. The van der Waals surface area contributed by atoms with Crippen molar-refractivity contribution >= 4 is 6.09 Å². The zero-order valence-corrected chi connectivity index (χ0v) is 16.2. The number of aromatic amines is 1. The Kier molecular flexibility index (Phi) is 5.53. The Morgan fingerprint density at radius 3 is 2.41 bits per heavy atom. The molecule has 3 rings (SSSR count). The monoisotopic (exact) mass is 373 g/mol. The van der Waals surface area contributed by atoms with Crippen molar-refractivity contribution in [2.24, 2.45) is 5.92 Å².